The molecule has 0 fully saturated rings. The molecule has 2 rings (SSSR count). The lowest BCUT2D eigenvalue weighted by Gasteiger charge is -1.89. The topological polar surface area (TPSA) is 56.3 Å². The lowest BCUT2D eigenvalue weighted by atomic mass is 10.2. The van der Waals surface area contributed by atoms with Crippen LogP contribution in [-0.4, -0.2) is 4.92 Å². The molecule has 0 N–H and O–H groups in total. The molecule has 0 unspecified atom stereocenters. The minimum absolute atomic E-state index is 0.0877. The highest BCUT2D eigenvalue weighted by molar-refractivity contribution is 14.1. The third-order valence-electron chi connectivity index (χ3n) is 1.68. The van der Waals surface area contributed by atoms with Crippen LogP contribution in [-0.2, 0) is 0 Å². The van der Waals surface area contributed by atoms with E-state index in [4.69, 9.17) is 4.42 Å². The van der Waals surface area contributed by atoms with Crippen molar-refractivity contribution in [1.29, 1.82) is 0 Å². The number of halogens is 1. The molecule has 0 spiro atoms. The standard InChI is InChI=1S/C8H4INO3/c9-8-4-5-3-6(10(11)12)1-2-7(5)13-8/h1-4H. The van der Waals surface area contributed by atoms with Crippen LogP contribution in [0.15, 0.2) is 28.7 Å². The van der Waals surface area contributed by atoms with Gasteiger partial charge < -0.3 is 4.42 Å². The van der Waals surface area contributed by atoms with Crippen molar-refractivity contribution < 1.29 is 9.34 Å². The van der Waals surface area contributed by atoms with Gasteiger partial charge in [0, 0.05) is 17.5 Å². The normalized spacial score (nSPS) is 10.5. The van der Waals surface area contributed by atoms with Gasteiger partial charge in [0.15, 0.2) is 3.77 Å². The van der Waals surface area contributed by atoms with Gasteiger partial charge in [-0.15, -0.1) is 0 Å². The molecule has 0 saturated carbocycles. The molecule has 0 bridgehead atoms. The molecule has 0 aliphatic heterocycles. The Kier molecular flexibility index (Phi) is 1.95. The smallest absolute Gasteiger partial charge is 0.270 e. The minimum atomic E-state index is -0.417. The van der Waals surface area contributed by atoms with Gasteiger partial charge in [-0.3, -0.25) is 10.1 Å². The van der Waals surface area contributed by atoms with E-state index in [9.17, 15) is 10.1 Å². The summed E-state index contributed by atoms with van der Waals surface area (Å²) in [6.07, 6.45) is 0. The Balaban J connectivity index is 2.67. The van der Waals surface area contributed by atoms with Gasteiger partial charge in [-0.05, 0) is 34.7 Å². The molecule has 4 nitrogen and oxygen atoms in total. The second-order valence-corrected chi connectivity index (χ2v) is 3.59. The summed E-state index contributed by atoms with van der Waals surface area (Å²) in [5.74, 6) is 0. The van der Waals surface area contributed by atoms with Crippen LogP contribution in [0, 0.1) is 13.9 Å². The molecule has 0 amide bonds. The van der Waals surface area contributed by atoms with E-state index in [2.05, 4.69) is 0 Å². The summed E-state index contributed by atoms with van der Waals surface area (Å²) in [4.78, 5) is 10.0. The van der Waals surface area contributed by atoms with Crippen molar-refractivity contribution in [2.45, 2.75) is 0 Å². The number of benzene rings is 1. The van der Waals surface area contributed by atoms with Crippen molar-refractivity contribution in [1.82, 2.24) is 0 Å². The lowest BCUT2D eigenvalue weighted by molar-refractivity contribution is -0.384. The average molecular weight is 289 g/mol. The van der Waals surface area contributed by atoms with E-state index in [1.807, 2.05) is 22.6 Å². The molecule has 2 aromatic rings. The molecule has 1 heterocycles. The quantitative estimate of drug-likeness (QED) is 0.460. The summed E-state index contributed by atoms with van der Waals surface area (Å²) in [5.41, 5.74) is 0.764. The summed E-state index contributed by atoms with van der Waals surface area (Å²) in [6.45, 7) is 0. The fraction of sp³-hybridized carbons (Fsp3) is 0. The van der Waals surface area contributed by atoms with Crippen LogP contribution in [0.1, 0.15) is 0 Å². The highest BCUT2D eigenvalue weighted by Gasteiger charge is 2.08. The van der Waals surface area contributed by atoms with Crippen molar-refractivity contribution in [3.8, 4) is 0 Å². The molecule has 0 aliphatic carbocycles. The van der Waals surface area contributed by atoms with Crippen LogP contribution >= 0.6 is 22.6 Å². The van der Waals surface area contributed by atoms with E-state index in [1.165, 1.54) is 12.1 Å². The molecule has 66 valence electrons. The number of rotatable bonds is 1. The first-order chi connectivity index (χ1) is 6.16. The molecular weight excluding hydrogens is 285 g/mol. The third-order valence-corrected chi connectivity index (χ3v) is 2.21. The zero-order chi connectivity index (χ0) is 9.42. The van der Waals surface area contributed by atoms with Crippen LogP contribution < -0.4 is 0 Å². The molecule has 13 heavy (non-hydrogen) atoms. The van der Waals surface area contributed by atoms with E-state index < -0.39 is 4.92 Å². The van der Waals surface area contributed by atoms with Crippen LogP contribution in [0.25, 0.3) is 11.0 Å². The zero-order valence-corrected chi connectivity index (χ0v) is 8.52. The van der Waals surface area contributed by atoms with Gasteiger partial charge in [0.25, 0.3) is 5.69 Å². The van der Waals surface area contributed by atoms with Crippen LogP contribution in [0.5, 0.6) is 0 Å². The van der Waals surface area contributed by atoms with E-state index >= 15 is 0 Å². The Morgan fingerprint density at radius 3 is 2.85 bits per heavy atom. The Bertz CT molecular complexity index is 477. The largest absolute Gasteiger partial charge is 0.450 e. The van der Waals surface area contributed by atoms with Gasteiger partial charge in [-0.2, -0.15) is 0 Å². The van der Waals surface area contributed by atoms with Gasteiger partial charge in [0.05, 0.1) is 4.92 Å². The van der Waals surface area contributed by atoms with Crippen molar-refractivity contribution in [2.24, 2.45) is 0 Å². The third kappa shape index (κ3) is 1.51. The molecule has 0 atom stereocenters. The van der Waals surface area contributed by atoms with Crippen molar-refractivity contribution in [3.05, 3.63) is 38.1 Å². The second kappa shape index (κ2) is 2.99. The van der Waals surface area contributed by atoms with Gasteiger partial charge in [0.1, 0.15) is 5.58 Å². The van der Waals surface area contributed by atoms with Crippen LogP contribution in [0.4, 0.5) is 5.69 Å². The van der Waals surface area contributed by atoms with E-state index in [-0.39, 0.29) is 5.69 Å². The number of fused-ring (bicyclic) bond motifs is 1. The summed E-state index contributed by atoms with van der Waals surface area (Å²) in [6, 6.07) is 6.31. The summed E-state index contributed by atoms with van der Waals surface area (Å²) in [5, 5.41) is 11.2. The molecule has 0 radical (unpaired) electrons. The van der Waals surface area contributed by atoms with E-state index in [1.54, 1.807) is 12.1 Å². The summed E-state index contributed by atoms with van der Waals surface area (Å²) >= 11 is 2.03. The molecule has 0 aliphatic rings. The monoisotopic (exact) mass is 289 g/mol. The van der Waals surface area contributed by atoms with Crippen molar-refractivity contribution >= 4 is 39.2 Å². The van der Waals surface area contributed by atoms with Gasteiger partial charge in [0.2, 0.25) is 0 Å². The first-order valence-corrected chi connectivity index (χ1v) is 4.58. The maximum absolute atomic E-state index is 10.4. The van der Waals surface area contributed by atoms with Gasteiger partial charge in [-0.1, -0.05) is 0 Å². The number of nitro benzene ring substituents is 1. The second-order valence-electron chi connectivity index (χ2n) is 2.53. The van der Waals surface area contributed by atoms with Crippen LogP contribution in [0.2, 0.25) is 0 Å². The van der Waals surface area contributed by atoms with Crippen molar-refractivity contribution in [3.63, 3.8) is 0 Å². The Morgan fingerprint density at radius 1 is 1.38 bits per heavy atom. The first-order valence-electron chi connectivity index (χ1n) is 3.50. The van der Waals surface area contributed by atoms with Crippen LogP contribution in [0.3, 0.4) is 0 Å². The minimum Gasteiger partial charge on any atom is -0.450 e. The summed E-state index contributed by atoms with van der Waals surface area (Å²) in [7, 11) is 0. The Morgan fingerprint density at radius 2 is 2.15 bits per heavy atom. The average Bonchev–Trinajstić information content (AvgIpc) is 2.42. The van der Waals surface area contributed by atoms with Gasteiger partial charge in [-0.25, -0.2) is 0 Å². The Labute approximate surface area is 86.8 Å². The van der Waals surface area contributed by atoms with E-state index in [0.29, 0.717) is 5.58 Å². The number of hydrogen-bond acceptors (Lipinski definition) is 3. The fourth-order valence-electron chi connectivity index (χ4n) is 1.11. The lowest BCUT2D eigenvalue weighted by Crippen LogP contribution is -1.85. The predicted molar refractivity (Wildman–Crippen MR) is 55.6 cm³/mol. The zero-order valence-electron chi connectivity index (χ0n) is 6.36. The van der Waals surface area contributed by atoms with Crippen molar-refractivity contribution in [2.75, 3.05) is 0 Å². The molecule has 5 heteroatoms. The number of nitro groups is 1. The summed E-state index contributed by atoms with van der Waals surface area (Å²) < 4.78 is 6.00. The first kappa shape index (κ1) is 8.49. The number of hydrogen-bond donors (Lipinski definition) is 0. The highest BCUT2D eigenvalue weighted by atomic mass is 127. The molecule has 0 saturated heterocycles. The Hall–Kier alpha value is -1.11. The molecular formula is C8H4INO3. The maximum Gasteiger partial charge on any atom is 0.270 e. The number of furan rings is 1. The predicted octanol–water partition coefficient (Wildman–Crippen LogP) is 2.95. The maximum atomic E-state index is 10.4. The SMILES string of the molecule is O=[N+]([O-])c1ccc2oc(I)cc2c1. The van der Waals surface area contributed by atoms with E-state index in [0.717, 1.165) is 9.15 Å². The highest BCUT2D eigenvalue weighted by Crippen LogP contribution is 2.24. The molecule has 1 aromatic heterocycles. The number of non-ortho nitro benzene ring substituents is 1. The molecule has 1 aromatic carbocycles. The fourth-order valence-corrected chi connectivity index (χ4v) is 1.68. The van der Waals surface area contributed by atoms with Gasteiger partial charge >= 0.3 is 0 Å². The number of nitrogens with zero attached hydrogens (tertiary/aromatic N) is 1.